The van der Waals surface area contributed by atoms with Gasteiger partial charge < -0.3 is 9.64 Å². The van der Waals surface area contributed by atoms with Crippen molar-refractivity contribution in [1.82, 2.24) is 10.2 Å². The van der Waals surface area contributed by atoms with Gasteiger partial charge in [-0.15, -0.1) is 0 Å². The summed E-state index contributed by atoms with van der Waals surface area (Å²) in [6, 6.07) is 8.42. The molecule has 1 aliphatic heterocycles. The first-order valence-electron chi connectivity index (χ1n) is 6.98. The Hall–Kier alpha value is -1.55. The maximum absolute atomic E-state index is 12.6. The fourth-order valence-electron chi connectivity index (χ4n) is 3.09. The van der Waals surface area contributed by atoms with E-state index < -0.39 is 0 Å². The molecule has 0 radical (unpaired) electrons. The Morgan fingerprint density at radius 2 is 2.05 bits per heavy atom. The summed E-state index contributed by atoms with van der Waals surface area (Å²) in [4.78, 5) is 14.6. The van der Waals surface area contributed by atoms with Crippen LogP contribution in [-0.4, -0.2) is 29.5 Å². The number of rotatable bonds is 3. The fraction of sp³-hybridized carbons (Fsp3) is 0.533. The number of nitrogens with one attached hydrogen (secondary N) is 1. The molecule has 3 aliphatic rings. The third-order valence-corrected chi connectivity index (χ3v) is 4.46. The molecule has 2 aliphatic carbocycles. The average molecular weight is 258 g/mol. The molecule has 4 rings (SSSR count). The number of hydrogen-bond donors (Lipinski definition) is 1. The molecule has 4 nitrogen and oxygen atoms in total. The lowest BCUT2D eigenvalue weighted by Gasteiger charge is -2.25. The number of hydrogen-bond acceptors (Lipinski definition) is 3. The van der Waals surface area contributed by atoms with E-state index in [1.54, 1.807) is 7.11 Å². The Kier molecular flexibility index (Phi) is 2.22. The van der Waals surface area contributed by atoms with Gasteiger partial charge in [0.15, 0.2) is 0 Å². The van der Waals surface area contributed by atoms with Gasteiger partial charge in [0, 0.05) is 11.6 Å². The van der Waals surface area contributed by atoms with Crippen LogP contribution in [0.5, 0.6) is 5.75 Å². The molecule has 1 heterocycles. The quantitative estimate of drug-likeness (QED) is 0.899. The standard InChI is InChI=1S/C15H18N2O2/c1-19-12-5-3-2-4-11(12)13-16-15(8-9-15)14(18)17(13)10-6-7-10/h2-5,10,13,16H,6-9H2,1H3. The molecule has 100 valence electrons. The van der Waals surface area contributed by atoms with Crippen LogP contribution in [0.1, 0.15) is 37.4 Å². The Morgan fingerprint density at radius 3 is 2.68 bits per heavy atom. The molecular weight excluding hydrogens is 240 g/mol. The molecule has 1 N–H and O–H groups in total. The van der Waals surface area contributed by atoms with E-state index in [2.05, 4.69) is 16.3 Å². The largest absolute Gasteiger partial charge is 0.496 e. The number of ether oxygens (including phenoxy) is 1. The zero-order chi connectivity index (χ0) is 13.0. The number of carbonyl (C=O) groups excluding carboxylic acids is 1. The monoisotopic (exact) mass is 258 g/mol. The van der Waals surface area contributed by atoms with E-state index in [1.807, 2.05) is 18.2 Å². The maximum Gasteiger partial charge on any atom is 0.244 e. The van der Waals surface area contributed by atoms with Crippen molar-refractivity contribution in [2.24, 2.45) is 0 Å². The number of carbonyl (C=O) groups is 1. The first kappa shape index (κ1) is 11.3. The van der Waals surface area contributed by atoms with E-state index in [9.17, 15) is 4.79 Å². The number of nitrogens with zero attached hydrogens (tertiary/aromatic N) is 1. The topological polar surface area (TPSA) is 41.6 Å². The second-order valence-electron chi connectivity index (χ2n) is 5.81. The van der Waals surface area contributed by atoms with Crippen molar-refractivity contribution in [1.29, 1.82) is 0 Å². The second kappa shape index (κ2) is 3.73. The van der Waals surface area contributed by atoms with Crippen LogP contribution in [0, 0.1) is 0 Å². The lowest BCUT2D eigenvalue weighted by Crippen LogP contribution is -2.33. The lowest BCUT2D eigenvalue weighted by atomic mass is 10.1. The minimum absolute atomic E-state index is 0.0151. The number of benzene rings is 1. The highest BCUT2D eigenvalue weighted by Crippen LogP contribution is 2.50. The van der Waals surface area contributed by atoms with Crippen LogP contribution in [-0.2, 0) is 4.79 Å². The van der Waals surface area contributed by atoms with Gasteiger partial charge in [0.25, 0.3) is 0 Å². The summed E-state index contributed by atoms with van der Waals surface area (Å²) >= 11 is 0. The van der Waals surface area contributed by atoms with E-state index in [-0.39, 0.29) is 11.7 Å². The molecule has 1 spiro atoms. The molecule has 3 fully saturated rings. The molecule has 4 heteroatoms. The molecule has 0 bridgehead atoms. The van der Waals surface area contributed by atoms with Gasteiger partial charge in [0.2, 0.25) is 5.91 Å². The molecular formula is C15H18N2O2. The van der Waals surface area contributed by atoms with E-state index >= 15 is 0 Å². The predicted octanol–water partition coefficient (Wildman–Crippen LogP) is 1.82. The highest BCUT2D eigenvalue weighted by atomic mass is 16.5. The molecule has 0 aromatic heterocycles. The van der Waals surface area contributed by atoms with Gasteiger partial charge in [-0.3, -0.25) is 10.1 Å². The van der Waals surface area contributed by atoms with Crippen molar-refractivity contribution >= 4 is 5.91 Å². The van der Waals surface area contributed by atoms with E-state index in [1.165, 1.54) is 0 Å². The van der Waals surface area contributed by atoms with Crippen LogP contribution in [0.2, 0.25) is 0 Å². The Morgan fingerprint density at radius 1 is 1.32 bits per heavy atom. The highest BCUT2D eigenvalue weighted by molar-refractivity contribution is 5.92. The van der Waals surface area contributed by atoms with Crippen molar-refractivity contribution in [2.45, 2.75) is 43.4 Å². The van der Waals surface area contributed by atoms with Gasteiger partial charge in [-0.1, -0.05) is 18.2 Å². The summed E-state index contributed by atoms with van der Waals surface area (Å²) in [5.74, 6) is 1.15. The van der Waals surface area contributed by atoms with E-state index in [4.69, 9.17) is 4.74 Å². The van der Waals surface area contributed by atoms with Crippen LogP contribution < -0.4 is 10.1 Å². The van der Waals surface area contributed by atoms with Crippen molar-refractivity contribution in [3.8, 4) is 5.75 Å². The molecule has 1 aromatic carbocycles. The Balaban J connectivity index is 1.74. The first-order valence-corrected chi connectivity index (χ1v) is 6.98. The van der Waals surface area contributed by atoms with Crippen molar-refractivity contribution < 1.29 is 9.53 Å². The highest BCUT2D eigenvalue weighted by Gasteiger charge is 2.61. The first-order chi connectivity index (χ1) is 9.25. The number of para-hydroxylation sites is 1. The van der Waals surface area contributed by atoms with E-state index in [0.717, 1.165) is 37.0 Å². The maximum atomic E-state index is 12.6. The number of methoxy groups -OCH3 is 1. The van der Waals surface area contributed by atoms with E-state index in [0.29, 0.717) is 11.9 Å². The molecule has 1 amide bonds. The average Bonchev–Trinajstić information content (AvgIpc) is 3.32. The minimum atomic E-state index is -0.256. The Bertz CT molecular complexity index is 535. The number of amides is 1. The summed E-state index contributed by atoms with van der Waals surface area (Å²) in [5, 5.41) is 3.55. The summed E-state index contributed by atoms with van der Waals surface area (Å²) in [6.45, 7) is 0. The molecule has 19 heavy (non-hydrogen) atoms. The molecule has 1 saturated heterocycles. The van der Waals surface area contributed by atoms with Crippen LogP contribution >= 0.6 is 0 Å². The molecule has 1 atom stereocenters. The third kappa shape index (κ3) is 1.59. The van der Waals surface area contributed by atoms with Gasteiger partial charge in [0.1, 0.15) is 17.5 Å². The van der Waals surface area contributed by atoms with Gasteiger partial charge in [-0.25, -0.2) is 0 Å². The minimum Gasteiger partial charge on any atom is -0.496 e. The van der Waals surface area contributed by atoms with Gasteiger partial charge in [0.05, 0.1) is 7.11 Å². The van der Waals surface area contributed by atoms with Gasteiger partial charge in [-0.05, 0) is 31.7 Å². The van der Waals surface area contributed by atoms with Crippen LogP contribution in [0.15, 0.2) is 24.3 Å². The molecule has 2 saturated carbocycles. The van der Waals surface area contributed by atoms with Crippen molar-refractivity contribution in [2.75, 3.05) is 7.11 Å². The molecule has 1 aromatic rings. The van der Waals surface area contributed by atoms with Crippen LogP contribution in [0.3, 0.4) is 0 Å². The van der Waals surface area contributed by atoms with Gasteiger partial charge in [-0.2, -0.15) is 0 Å². The van der Waals surface area contributed by atoms with Crippen molar-refractivity contribution in [3.05, 3.63) is 29.8 Å². The summed E-state index contributed by atoms with van der Waals surface area (Å²) in [6.07, 6.45) is 4.20. The zero-order valence-corrected chi connectivity index (χ0v) is 11.1. The molecule has 1 unspecified atom stereocenters. The predicted molar refractivity (Wildman–Crippen MR) is 70.7 cm³/mol. The van der Waals surface area contributed by atoms with Crippen molar-refractivity contribution in [3.63, 3.8) is 0 Å². The summed E-state index contributed by atoms with van der Waals surface area (Å²) < 4.78 is 5.45. The smallest absolute Gasteiger partial charge is 0.244 e. The third-order valence-electron chi connectivity index (χ3n) is 4.46. The summed E-state index contributed by atoms with van der Waals surface area (Å²) in [7, 11) is 1.68. The summed E-state index contributed by atoms with van der Waals surface area (Å²) in [5.41, 5.74) is 0.822. The van der Waals surface area contributed by atoms with Crippen LogP contribution in [0.25, 0.3) is 0 Å². The Labute approximate surface area is 112 Å². The van der Waals surface area contributed by atoms with Gasteiger partial charge >= 0.3 is 0 Å². The normalized spacial score (nSPS) is 27.9. The SMILES string of the molecule is COc1ccccc1C1NC2(CC2)C(=O)N1C1CC1. The lowest BCUT2D eigenvalue weighted by molar-refractivity contribution is -0.131. The van der Waals surface area contributed by atoms with Crippen LogP contribution in [0.4, 0.5) is 0 Å². The zero-order valence-electron chi connectivity index (χ0n) is 11.1. The second-order valence-corrected chi connectivity index (χ2v) is 5.81. The fourth-order valence-corrected chi connectivity index (χ4v) is 3.09.